The highest BCUT2D eigenvalue weighted by atomic mass is 32.2. The number of carbonyl (C=O) groups is 2. The Morgan fingerprint density at radius 1 is 1.41 bits per heavy atom. The van der Waals surface area contributed by atoms with E-state index in [1.807, 2.05) is 0 Å². The lowest BCUT2D eigenvalue weighted by Crippen LogP contribution is -2.28. The predicted octanol–water partition coefficient (Wildman–Crippen LogP) is 1.23. The minimum absolute atomic E-state index is 0.0176. The van der Waals surface area contributed by atoms with Crippen LogP contribution < -0.4 is 9.62 Å². The van der Waals surface area contributed by atoms with Gasteiger partial charge in [-0.15, -0.1) is 0 Å². The second kappa shape index (κ2) is 6.80. The molecule has 1 aliphatic heterocycles. The SMILES string of the molecule is CNS(=O)(=O)c1ccccc1N1CC(CSC(C)=O)CC1=O. The van der Waals surface area contributed by atoms with Gasteiger partial charge in [-0.25, -0.2) is 13.1 Å². The number of thioether (sulfide) groups is 1. The summed E-state index contributed by atoms with van der Waals surface area (Å²) in [6, 6.07) is 6.43. The number of rotatable bonds is 5. The Morgan fingerprint density at radius 2 is 2.09 bits per heavy atom. The van der Waals surface area contributed by atoms with E-state index in [0.717, 1.165) is 0 Å². The molecule has 120 valence electrons. The van der Waals surface area contributed by atoms with Gasteiger partial charge in [0.05, 0.1) is 5.69 Å². The van der Waals surface area contributed by atoms with Crippen molar-refractivity contribution in [2.45, 2.75) is 18.2 Å². The Kier molecular flexibility index (Phi) is 5.25. The average molecular weight is 342 g/mol. The maximum atomic E-state index is 12.2. The summed E-state index contributed by atoms with van der Waals surface area (Å²) in [4.78, 5) is 24.8. The van der Waals surface area contributed by atoms with Gasteiger partial charge in [0.15, 0.2) is 5.12 Å². The van der Waals surface area contributed by atoms with Crippen LogP contribution >= 0.6 is 11.8 Å². The number of nitrogens with zero attached hydrogens (tertiary/aromatic N) is 1. The molecule has 0 bridgehead atoms. The molecule has 6 nitrogen and oxygen atoms in total. The van der Waals surface area contributed by atoms with E-state index in [2.05, 4.69) is 4.72 Å². The van der Waals surface area contributed by atoms with Gasteiger partial charge in [-0.1, -0.05) is 23.9 Å². The van der Waals surface area contributed by atoms with Crippen molar-refractivity contribution in [3.63, 3.8) is 0 Å². The minimum Gasteiger partial charge on any atom is -0.311 e. The minimum atomic E-state index is -3.64. The third-order valence-corrected chi connectivity index (χ3v) is 5.95. The summed E-state index contributed by atoms with van der Waals surface area (Å²) < 4.78 is 26.4. The molecule has 0 saturated carbocycles. The lowest BCUT2D eigenvalue weighted by molar-refractivity contribution is -0.117. The van der Waals surface area contributed by atoms with E-state index in [-0.39, 0.29) is 21.8 Å². The standard InChI is InChI=1S/C14H18N2O4S2/c1-10(17)21-9-11-7-14(18)16(8-11)12-5-3-4-6-13(12)22(19,20)15-2/h3-6,11,15H,7-9H2,1-2H3. The van der Waals surface area contributed by atoms with Crippen LogP contribution in [0, 0.1) is 5.92 Å². The number of nitrogens with one attached hydrogen (secondary N) is 1. The van der Waals surface area contributed by atoms with Crippen LogP contribution in [-0.2, 0) is 19.6 Å². The third kappa shape index (κ3) is 3.68. The van der Waals surface area contributed by atoms with Gasteiger partial charge in [-0.05, 0) is 25.1 Å². The molecule has 1 amide bonds. The third-order valence-electron chi connectivity index (χ3n) is 3.44. The van der Waals surface area contributed by atoms with Crippen molar-refractivity contribution >= 4 is 38.5 Å². The van der Waals surface area contributed by atoms with Gasteiger partial charge in [-0.2, -0.15) is 0 Å². The number of amides is 1. The summed E-state index contributed by atoms with van der Waals surface area (Å²) in [6.45, 7) is 1.92. The Labute approximate surface area is 134 Å². The molecule has 1 aromatic carbocycles. The first-order valence-corrected chi connectivity index (χ1v) is 9.28. The van der Waals surface area contributed by atoms with Crippen molar-refractivity contribution in [1.29, 1.82) is 0 Å². The molecule has 0 aliphatic carbocycles. The summed E-state index contributed by atoms with van der Waals surface area (Å²) in [5.74, 6) is 0.498. The molecule has 1 aromatic rings. The highest BCUT2D eigenvalue weighted by Crippen LogP contribution is 2.31. The molecular weight excluding hydrogens is 324 g/mol. The molecule has 8 heteroatoms. The molecule has 1 saturated heterocycles. The lowest BCUT2D eigenvalue weighted by atomic mass is 10.1. The number of carbonyl (C=O) groups excluding carboxylic acids is 2. The van der Waals surface area contributed by atoms with Gasteiger partial charge < -0.3 is 4.90 Å². The molecule has 1 fully saturated rings. The van der Waals surface area contributed by atoms with E-state index in [4.69, 9.17) is 0 Å². The van der Waals surface area contributed by atoms with Gasteiger partial charge in [0.25, 0.3) is 0 Å². The Morgan fingerprint density at radius 3 is 2.73 bits per heavy atom. The molecule has 1 atom stereocenters. The first-order valence-electron chi connectivity index (χ1n) is 6.81. The van der Waals surface area contributed by atoms with Crippen LogP contribution in [0.15, 0.2) is 29.2 Å². The molecule has 1 heterocycles. The van der Waals surface area contributed by atoms with Crippen LogP contribution in [0.5, 0.6) is 0 Å². The number of para-hydroxylation sites is 1. The monoisotopic (exact) mass is 342 g/mol. The number of benzene rings is 1. The van der Waals surface area contributed by atoms with Crippen molar-refractivity contribution in [2.75, 3.05) is 24.2 Å². The molecule has 1 unspecified atom stereocenters. The van der Waals surface area contributed by atoms with Crippen molar-refractivity contribution in [1.82, 2.24) is 4.72 Å². The average Bonchev–Trinajstić information content (AvgIpc) is 2.86. The fourth-order valence-corrected chi connectivity index (χ4v) is 4.00. The largest absolute Gasteiger partial charge is 0.311 e. The highest BCUT2D eigenvalue weighted by Gasteiger charge is 2.33. The zero-order valence-corrected chi connectivity index (χ0v) is 14.0. The topological polar surface area (TPSA) is 83.6 Å². The summed E-state index contributed by atoms with van der Waals surface area (Å²) in [5.41, 5.74) is 0.386. The molecule has 1 N–H and O–H groups in total. The zero-order valence-electron chi connectivity index (χ0n) is 12.4. The van der Waals surface area contributed by atoms with Crippen molar-refractivity contribution in [3.8, 4) is 0 Å². The lowest BCUT2D eigenvalue weighted by Gasteiger charge is -2.20. The quantitative estimate of drug-likeness (QED) is 0.870. The first-order chi connectivity index (χ1) is 10.3. The second-order valence-electron chi connectivity index (χ2n) is 5.05. The molecule has 2 rings (SSSR count). The Balaban J connectivity index is 2.26. The fourth-order valence-electron chi connectivity index (χ4n) is 2.38. The maximum Gasteiger partial charge on any atom is 0.242 e. The molecule has 0 spiro atoms. The van der Waals surface area contributed by atoms with Crippen LogP contribution in [0.4, 0.5) is 5.69 Å². The molecule has 0 aromatic heterocycles. The van der Waals surface area contributed by atoms with E-state index in [0.29, 0.717) is 24.4 Å². The van der Waals surface area contributed by atoms with Gasteiger partial charge in [0.2, 0.25) is 15.9 Å². The van der Waals surface area contributed by atoms with E-state index in [1.54, 1.807) is 18.2 Å². The molecular formula is C14H18N2O4S2. The summed E-state index contributed by atoms with van der Waals surface area (Å²) >= 11 is 1.19. The summed E-state index contributed by atoms with van der Waals surface area (Å²) in [5, 5.41) is 0.0176. The van der Waals surface area contributed by atoms with Crippen LogP contribution in [-0.4, -0.2) is 38.8 Å². The smallest absolute Gasteiger partial charge is 0.242 e. The van der Waals surface area contributed by atoms with Crippen LogP contribution in [0.25, 0.3) is 0 Å². The molecule has 0 radical (unpaired) electrons. The van der Waals surface area contributed by atoms with E-state index in [1.165, 1.54) is 36.7 Å². The van der Waals surface area contributed by atoms with Crippen LogP contribution in [0.3, 0.4) is 0 Å². The van der Waals surface area contributed by atoms with Crippen LogP contribution in [0.1, 0.15) is 13.3 Å². The first kappa shape index (κ1) is 17.0. The van der Waals surface area contributed by atoms with E-state index < -0.39 is 10.0 Å². The van der Waals surface area contributed by atoms with E-state index in [9.17, 15) is 18.0 Å². The highest BCUT2D eigenvalue weighted by molar-refractivity contribution is 8.13. The Bertz CT molecular complexity index is 688. The van der Waals surface area contributed by atoms with E-state index >= 15 is 0 Å². The van der Waals surface area contributed by atoms with Gasteiger partial charge >= 0.3 is 0 Å². The fraction of sp³-hybridized carbons (Fsp3) is 0.429. The molecule has 1 aliphatic rings. The number of hydrogen-bond acceptors (Lipinski definition) is 5. The molecule has 22 heavy (non-hydrogen) atoms. The van der Waals surface area contributed by atoms with Gasteiger partial charge in [-0.3, -0.25) is 9.59 Å². The maximum absolute atomic E-state index is 12.2. The second-order valence-corrected chi connectivity index (χ2v) is 8.10. The van der Waals surface area contributed by atoms with Crippen molar-refractivity contribution < 1.29 is 18.0 Å². The number of hydrogen-bond donors (Lipinski definition) is 1. The van der Waals surface area contributed by atoms with Gasteiger partial charge in [0.1, 0.15) is 4.90 Å². The van der Waals surface area contributed by atoms with Crippen molar-refractivity contribution in [3.05, 3.63) is 24.3 Å². The van der Waals surface area contributed by atoms with Crippen molar-refractivity contribution in [2.24, 2.45) is 5.92 Å². The number of anilines is 1. The van der Waals surface area contributed by atoms with Gasteiger partial charge in [0, 0.05) is 25.6 Å². The number of sulfonamides is 1. The normalized spacial score (nSPS) is 18.7. The van der Waals surface area contributed by atoms with Crippen LogP contribution in [0.2, 0.25) is 0 Å². The summed E-state index contributed by atoms with van der Waals surface area (Å²) in [6.07, 6.45) is 0.328. The predicted molar refractivity (Wildman–Crippen MR) is 86.3 cm³/mol. The summed E-state index contributed by atoms with van der Waals surface area (Å²) in [7, 11) is -2.30. The Hall–Kier alpha value is -1.38. The zero-order chi connectivity index (χ0) is 16.3.